The first-order chi connectivity index (χ1) is 16.6. The van der Waals surface area contributed by atoms with Gasteiger partial charge in [0.15, 0.2) is 0 Å². The second-order valence-corrected chi connectivity index (χ2v) is 8.58. The summed E-state index contributed by atoms with van der Waals surface area (Å²) in [4.78, 5) is 2.34. The first kappa shape index (κ1) is 23.9. The van der Waals surface area contributed by atoms with E-state index in [4.69, 9.17) is 18.9 Å². The fourth-order valence-electron chi connectivity index (χ4n) is 4.51. The number of nitrogens with zero attached hydrogens (tertiary/aromatic N) is 1. The van der Waals surface area contributed by atoms with E-state index in [-0.39, 0.29) is 23.9 Å². The minimum absolute atomic E-state index is 0.0916. The van der Waals surface area contributed by atoms with Gasteiger partial charge in [-0.2, -0.15) is 0 Å². The zero-order valence-electron chi connectivity index (χ0n) is 19.9. The van der Waals surface area contributed by atoms with Crippen LogP contribution in [0, 0.1) is 11.7 Å². The molecule has 0 spiro atoms. The molecule has 3 aromatic carbocycles. The molecular weight excluding hydrogens is 433 g/mol. The van der Waals surface area contributed by atoms with Crippen molar-refractivity contribution in [3.8, 4) is 23.0 Å². The van der Waals surface area contributed by atoms with Crippen LogP contribution in [0.4, 0.5) is 4.39 Å². The molecule has 1 aliphatic rings. The minimum Gasteiger partial charge on any atom is -0.497 e. The van der Waals surface area contributed by atoms with E-state index in [9.17, 15) is 4.39 Å². The molecule has 0 aromatic heterocycles. The Kier molecular flexibility index (Phi) is 7.91. The summed E-state index contributed by atoms with van der Waals surface area (Å²) in [6, 6.07) is 22.1. The highest BCUT2D eigenvalue weighted by Gasteiger charge is 2.33. The molecule has 1 heterocycles. The van der Waals surface area contributed by atoms with Crippen LogP contribution in [0.1, 0.15) is 24.8 Å². The number of hydrogen-bond donors (Lipinski definition) is 0. The molecule has 0 amide bonds. The lowest BCUT2D eigenvalue weighted by Crippen LogP contribution is -2.47. The predicted octanol–water partition coefficient (Wildman–Crippen LogP) is 5.75. The predicted molar refractivity (Wildman–Crippen MR) is 130 cm³/mol. The van der Waals surface area contributed by atoms with Gasteiger partial charge >= 0.3 is 0 Å². The molecule has 1 fully saturated rings. The van der Waals surface area contributed by atoms with Gasteiger partial charge in [-0.05, 0) is 85.5 Å². The van der Waals surface area contributed by atoms with E-state index in [1.54, 1.807) is 26.4 Å². The van der Waals surface area contributed by atoms with Gasteiger partial charge in [0.05, 0.1) is 20.8 Å². The molecule has 3 aromatic rings. The zero-order chi connectivity index (χ0) is 23.9. The number of methoxy groups -OCH3 is 2. The van der Waals surface area contributed by atoms with Crippen molar-refractivity contribution in [3.63, 3.8) is 0 Å². The van der Waals surface area contributed by atoms with Crippen molar-refractivity contribution in [2.75, 3.05) is 33.9 Å². The van der Waals surface area contributed by atoms with E-state index in [0.29, 0.717) is 6.61 Å². The van der Waals surface area contributed by atoms with Gasteiger partial charge in [0, 0.05) is 19.0 Å². The third-order valence-electron chi connectivity index (χ3n) is 6.47. The molecule has 0 saturated carbocycles. The summed E-state index contributed by atoms with van der Waals surface area (Å²) in [7, 11) is 3.30. The second-order valence-electron chi connectivity index (χ2n) is 8.58. The van der Waals surface area contributed by atoms with E-state index < -0.39 is 0 Å². The highest BCUT2D eigenvalue weighted by molar-refractivity contribution is 5.32. The Morgan fingerprint density at radius 2 is 1.38 bits per heavy atom. The van der Waals surface area contributed by atoms with Crippen LogP contribution in [-0.2, 0) is 0 Å². The van der Waals surface area contributed by atoms with Crippen molar-refractivity contribution in [3.05, 3.63) is 84.2 Å². The average molecular weight is 466 g/mol. The molecule has 0 radical (unpaired) electrons. The van der Waals surface area contributed by atoms with Crippen molar-refractivity contribution in [2.24, 2.45) is 5.92 Å². The lowest BCUT2D eigenvalue weighted by Gasteiger charge is -2.41. The van der Waals surface area contributed by atoms with E-state index >= 15 is 0 Å². The van der Waals surface area contributed by atoms with Gasteiger partial charge in [0.25, 0.3) is 0 Å². The third kappa shape index (κ3) is 6.00. The summed E-state index contributed by atoms with van der Waals surface area (Å²) >= 11 is 0. The Morgan fingerprint density at radius 1 is 0.824 bits per heavy atom. The highest BCUT2D eigenvalue weighted by Crippen LogP contribution is 2.35. The number of halogens is 1. The van der Waals surface area contributed by atoms with Gasteiger partial charge in [0.1, 0.15) is 35.0 Å². The summed E-state index contributed by atoms with van der Waals surface area (Å²) < 4.78 is 36.4. The summed E-state index contributed by atoms with van der Waals surface area (Å²) in [5, 5.41) is 0. The summed E-state index contributed by atoms with van der Waals surface area (Å²) in [6.45, 7) is 4.33. The SMILES string of the molecule is COc1ccc(OCC2CN(C(C)Oc3ccc(OC)cc3)CCC2c2ccc(F)cc2)cc1. The first-order valence-electron chi connectivity index (χ1n) is 11.6. The van der Waals surface area contributed by atoms with E-state index in [1.807, 2.05) is 60.7 Å². The first-order valence-corrected chi connectivity index (χ1v) is 11.6. The number of rotatable bonds is 9. The van der Waals surface area contributed by atoms with E-state index in [2.05, 4.69) is 11.8 Å². The molecule has 34 heavy (non-hydrogen) atoms. The highest BCUT2D eigenvalue weighted by atomic mass is 19.1. The van der Waals surface area contributed by atoms with Gasteiger partial charge in [0.2, 0.25) is 0 Å². The van der Waals surface area contributed by atoms with Crippen LogP contribution in [0.5, 0.6) is 23.0 Å². The van der Waals surface area contributed by atoms with E-state index in [0.717, 1.165) is 48.1 Å². The maximum Gasteiger partial charge on any atom is 0.149 e. The number of hydrogen-bond acceptors (Lipinski definition) is 5. The molecule has 4 rings (SSSR count). The normalized spacial score (nSPS) is 19.3. The maximum absolute atomic E-state index is 13.5. The number of likely N-dealkylation sites (tertiary alicyclic amines) is 1. The van der Waals surface area contributed by atoms with Gasteiger partial charge in [-0.25, -0.2) is 4.39 Å². The van der Waals surface area contributed by atoms with Crippen molar-refractivity contribution < 1.29 is 23.3 Å². The minimum atomic E-state index is -0.214. The number of benzene rings is 3. The largest absolute Gasteiger partial charge is 0.497 e. The average Bonchev–Trinajstić information content (AvgIpc) is 2.88. The van der Waals surface area contributed by atoms with Crippen LogP contribution >= 0.6 is 0 Å². The van der Waals surface area contributed by atoms with Crippen LogP contribution in [0.25, 0.3) is 0 Å². The van der Waals surface area contributed by atoms with Gasteiger partial charge < -0.3 is 18.9 Å². The molecule has 180 valence electrons. The van der Waals surface area contributed by atoms with Crippen molar-refractivity contribution in [1.82, 2.24) is 4.90 Å². The number of piperidine rings is 1. The summed E-state index contributed by atoms with van der Waals surface area (Å²) in [5.41, 5.74) is 1.15. The third-order valence-corrected chi connectivity index (χ3v) is 6.47. The second kappa shape index (κ2) is 11.3. The van der Waals surface area contributed by atoms with Crippen LogP contribution in [-0.4, -0.2) is 45.0 Å². The Bertz CT molecular complexity index is 1020. The molecule has 1 aliphatic heterocycles. The molecule has 3 atom stereocenters. The monoisotopic (exact) mass is 465 g/mol. The molecule has 5 nitrogen and oxygen atoms in total. The molecular formula is C28H32FNO4. The van der Waals surface area contributed by atoms with Crippen LogP contribution in [0.2, 0.25) is 0 Å². The van der Waals surface area contributed by atoms with Crippen LogP contribution in [0.3, 0.4) is 0 Å². The Balaban J connectivity index is 1.45. The molecule has 1 saturated heterocycles. The van der Waals surface area contributed by atoms with Crippen molar-refractivity contribution >= 4 is 0 Å². The molecule has 0 N–H and O–H groups in total. The lowest BCUT2D eigenvalue weighted by molar-refractivity contribution is -0.00544. The topological polar surface area (TPSA) is 40.2 Å². The molecule has 0 bridgehead atoms. The van der Waals surface area contributed by atoms with Gasteiger partial charge in [-0.3, -0.25) is 4.90 Å². The maximum atomic E-state index is 13.5. The standard InChI is InChI=1S/C28H32FNO4/c1-20(34-27-14-10-25(32-3)11-15-27)30-17-16-28(21-4-6-23(29)7-5-21)22(18-30)19-33-26-12-8-24(31-2)9-13-26/h4-15,20,22,28H,16-19H2,1-3H3. The lowest BCUT2D eigenvalue weighted by atomic mass is 9.80. The summed E-state index contributed by atoms with van der Waals surface area (Å²) in [5.74, 6) is 3.50. The summed E-state index contributed by atoms with van der Waals surface area (Å²) in [6.07, 6.45) is 0.851. The number of ether oxygens (including phenoxy) is 4. The van der Waals surface area contributed by atoms with Crippen molar-refractivity contribution in [1.29, 1.82) is 0 Å². The van der Waals surface area contributed by atoms with Crippen LogP contribution in [0.15, 0.2) is 72.8 Å². The molecule has 3 unspecified atom stereocenters. The zero-order valence-corrected chi connectivity index (χ0v) is 19.9. The molecule has 0 aliphatic carbocycles. The van der Waals surface area contributed by atoms with Gasteiger partial charge in [-0.15, -0.1) is 0 Å². The quantitative estimate of drug-likeness (QED) is 0.402. The molecule has 6 heteroatoms. The fourth-order valence-corrected chi connectivity index (χ4v) is 4.51. The Hall–Kier alpha value is -3.25. The van der Waals surface area contributed by atoms with Gasteiger partial charge in [-0.1, -0.05) is 12.1 Å². The smallest absolute Gasteiger partial charge is 0.149 e. The Morgan fingerprint density at radius 3 is 1.97 bits per heavy atom. The fraction of sp³-hybridized carbons (Fsp3) is 0.357. The van der Waals surface area contributed by atoms with Crippen molar-refractivity contribution in [2.45, 2.75) is 25.5 Å². The van der Waals surface area contributed by atoms with Crippen LogP contribution < -0.4 is 18.9 Å². The van der Waals surface area contributed by atoms with E-state index in [1.165, 1.54) is 0 Å². The Labute approximate surface area is 201 Å².